The number of carbonyl (C=O) groups is 2. The van der Waals surface area contributed by atoms with E-state index in [9.17, 15) is 18.0 Å². The maximum absolute atomic E-state index is 12.7. The van der Waals surface area contributed by atoms with Gasteiger partial charge in [0.25, 0.3) is 10.0 Å². The Morgan fingerprint density at radius 3 is 2.20 bits per heavy atom. The molecule has 0 aliphatic carbocycles. The van der Waals surface area contributed by atoms with Crippen molar-refractivity contribution in [1.29, 1.82) is 0 Å². The van der Waals surface area contributed by atoms with Crippen LogP contribution >= 0.6 is 0 Å². The van der Waals surface area contributed by atoms with E-state index in [4.69, 9.17) is 14.2 Å². The fourth-order valence-electron chi connectivity index (χ4n) is 2.14. The molecule has 0 atom stereocenters. The number of nitrogens with zero attached hydrogens (tertiary/aromatic N) is 3. The van der Waals surface area contributed by atoms with Gasteiger partial charge in [-0.05, 0) is 19.1 Å². The van der Waals surface area contributed by atoms with Gasteiger partial charge in [0.1, 0.15) is 10.6 Å². The zero-order valence-corrected chi connectivity index (χ0v) is 17.3. The van der Waals surface area contributed by atoms with Crippen molar-refractivity contribution in [3.63, 3.8) is 0 Å². The molecule has 0 saturated heterocycles. The molecular weight excluding hydrogens is 422 g/mol. The summed E-state index contributed by atoms with van der Waals surface area (Å²) in [5, 5.41) is 2.12. The standard InChI is InChI=1S/C16H19N5O8S/c1-5-29-9-6-7-10(12(22)26-2)11(8-9)30(24,25)21-14(23)17-13-18-15(27-3)20-16(19-13)28-4/h6-8H,5H2,1-4H3,(H2,17,18,19,20,21,23). The first-order valence-corrected chi connectivity index (χ1v) is 9.75. The van der Waals surface area contributed by atoms with Gasteiger partial charge in [-0.1, -0.05) is 0 Å². The van der Waals surface area contributed by atoms with Crippen LogP contribution < -0.4 is 24.2 Å². The van der Waals surface area contributed by atoms with Crippen molar-refractivity contribution in [3.05, 3.63) is 23.8 Å². The van der Waals surface area contributed by atoms with Crippen LogP contribution in [-0.2, 0) is 14.8 Å². The van der Waals surface area contributed by atoms with Gasteiger partial charge in [-0.3, -0.25) is 5.32 Å². The number of anilines is 1. The topological polar surface area (TPSA) is 168 Å². The lowest BCUT2D eigenvalue weighted by Crippen LogP contribution is -2.35. The van der Waals surface area contributed by atoms with Crippen molar-refractivity contribution in [2.75, 3.05) is 33.3 Å². The zero-order chi connectivity index (χ0) is 22.3. The second-order valence-corrected chi connectivity index (χ2v) is 6.93. The number of methoxy groups -OCH3 is 3. The summed E-state index contributed by atoms with van der Waals surface area (Å²) >= 11 is 0. The Bertz CT molecular complexity index is 1020. The fraction of sp³-hybridized carbons (Fsp3) is 0.312. The lowest BCUT2D eigenvalue weighted by atomic mass is 10.2. The Labute approximate surface area is 171 Å². The van der Waals surface area contributed by atoms with Crippen molar-refractivity contribution >= 4 is 28.0 Å². The van der Waals surface area contributed by atoms with E-state index >= 15 is 0 Å². The third-order valence-corrected chi connectivity index (χ3v) is 4.74. The lowest BCUT2D eigenvalue weighted by molar-refractivity contribution is 0.0596. The third-order valence-electron chi connectivity index (χ3n) is 3.37. The molecular formula is C16H19N5O8S. The molecule has 30 heavy (non-hydrogen) atoms. The summed E-state index contributed by atoms with van der Waals surface area (Å²) in [4.78, 5) is 34.9. The Morgan fingerprint density at radius 1 is 1.03 bits per heavy atom. The van der Waals surface area contributed by atoms with Crippen LogP contribution in [-0.4, -0.2) is 63.3 Å². The van der Waals surface area contributed by atoms with Gasteiger partial charge in [-0.15, -0.1) is 4.98 Å². The summed E-state index contributed by atoms with van der Waals surface area (Å²) in [5.74, 6) is -1.06. The SMILES string of the molecule is CCOc1ccc(C(=O)OC)c(S(=O)(=O)NC(=O)Nc2nc(OC)nc(OC)n2)c1. The van der Waals surface area contributed by atoms with Gasteiger partial charge in [0.05, 0.1) is 33.5 Å². The van der Waals surface area contributed by atoms with Crippen LogP contribution in [0.4, 0.5) is 10.7 Å². The molecule has 1 aromatic heterocycles. The lowest BCUT2D eigenvalue weighted by Gasteiger charge is -2.13. The number of sulfonamides is 1. The molecule has 2 rings (SSSR count). The molecule has 0 fully saturated rings. The predicted octanol–water partition coefficient (Wildman–Crippen LogP) is 0.584. The quantitative estimate of drug-likeness (QED) is 0.550. The van der Waals surface area contributed by atoms with E-state index in [2.05, 4.69) is 25.0 Å². The van der Waals surface area contributed by atoms with Gasteiger partial charge in [0.15, 0.2) is 0 Å². The van der Waals surface area contributed by atoms with Crippen LogP contribution in [0.1, 0.15) is 17.3 Å². The predicted molar refractivity (Wildman–Crippen MR) is 101 cm³/mol. The summed E-state index contributed by atoms with van der Waals surface area (Å²) in [6, 6.07) is 2.17. The van der Waals surface area contributed by atoms with Gasteiger partial charge in [0, 0.05) is 6.07 Å². The summed E-state index contributed by atoms with van der Waals surface area (Å²) in [6.45, 7) is 1.96. The molecule has 2 amide bonds. The Kier molecular flexibility index (Phi) is 7.30. The third kappa shape index (κ3) is 5.44. The Balaban J connectivity index is 2.32. The highest BCUT2D eigenvalue weighted by Gasteiger charge is 2.26. The number of hydrogen-bond acceptors (Lipinski definition) is 11. The maximum atomic E-state index is 12.7. The largest absolute Gasteiger partial charge is 0.494 e. The molecule has 0 radical (unpaired) electrons. The summed E-state index contributed by atoms with van der Waals surface area (Å²) in [7, 11) is -0.859. The number of carbonyl (C=O) groups excluding carboxylic acids is 2. The van der Waals surface area contributed by atoms with E-state index in [1.807, 2.05) is 0 Å². The smallest absolute Gasteiger partial charge is 0.339 e. The van der Waals surface area contributed by atoms with Crippen molar-refractivity contribution in [2.24, 2.45) is 0 Å². The second-order valence-electron chi connectivity index (χ2n) is 5.27. The molecule has 2 aromatic rings. The molecule has 162 valence electrons. The summed E-state index contributed by atoms with van der Waals surface area (Å²) < 4.78 is 46.8. The average Bonchev–Trinajstić information content (AvgIpc) is 2.72. The minimum Gasteiger partial charge on any atom is -0.494 e. The molecule has 0 bridgehead atoms. The molecule has 0 aliphatic rings. The van der Waals surface area contributed by atoms with Crippen molar-refractivity contribution in [2.45, 2.75) is 11.8 Å². The van der Waals surface area contributed by atoms with E-state index in [1.54, 1.807) is 11.6 Å². The first-order valence-electron chi connectivity index (χ1n) is 8.27. The van der Waals surface area contributed by atoms with Gasteiger partial charge < -0.3 is 18.9 Å². The molecule has 1 heterocycles. The van der Waals surface area contributed by atoms with Crippen molar-refractivity contribution in [3.8, 4) is 17.8 Å². The van der Waals surface area contributed by atoms with E-state index in [0.717, 1.165) is 13.2 Å². The van der Waals surface area contributed by atoms with Crippen LogP contribution in [0, 0.1) is 0 Å². The number of nitrogens with one attached hydrogen (secondary N) is 2. The highest BCUT2D eigenvalue weighted by Crippen LogP contribution is 2.23. The van der Waals surface area contributed by atoms with Gasteiger partial charge in [-0.2, -0.15) is 9.97 Å². The average molecular weight is 441 g/mol. The zero-order valence-electron chi connectivity index (χ0n) is 16.5. The first kappa shape index (κ1) is 22.6. The molecule has 0 spiro atoms. The fourth-order valence-corrected chi connectivity index (χ4v) is 3.26. The number of benzene rings is 1. The molecule has 14 heteroatoms. The minimum atomic E-state index is -4.51. The van der Waals surface area contributed by atoms with Gasteiger partial charge in [-0.25, -0.2) is 22.7 Å². The van der Waals surface area contributed by atoms with Crippen LogP contribution in [0.5, 0.6) is 17.8 Å². The number of urea groups is 1. The van der Waals surface area contributed by atoms with Gasteiger partial charge in [0.2, 0.25) is 5.95 Å². The second kappa shape index (κ2) is 9.69. The number of amides is 2. The van der Waals surface area contributed by atoms with Crippen LogP contribution in [0.25, 0.3) is 0 Å². The maximum Gasteiger partial charge on any atom is 0.339 e. The summed E-state index contributed by atoms with van der Waals surface area (Å²) in [5.41, 5.74) is -0.287. The Morgan fingerprint density at radius 2 is 1.67 bits per heavy atom. The van der Waals surface area contributed by atoms with Crippen LogP contribution in [0.15, 0.2) is 23.1 Å². The summed E-state index contributed by atoms with van der Waals surface area (Å²) in [6.07, 6.45) is 0. The Hall–Kier alpha value is -3.68. The molecule has 2 N–H and O–H groups in total. The van der Waals surface area contributed by atoms with E-state index in [1.165, 1.54) is 26.4 Å². The molecule has 0 unspecified atom stereocenters. The number of hydrogen-bond donors (Lipinski definition) is 2. The van der Waals surface area contributed by atoms with E-state index in [0.29, 0.717) is 0 Å². The van der Waals surface area contributed by atoms with Crippen molar-refractivity contribution < 1.29 is 37.0 Å². The highest BCUT2D eigenvalue weighted by atomic mass is 32.2. The molecule has 1 aromatic carbocycles. The molecule has 13 nitrogen and oxygen atoms in total. The van der Waals surface area contributed by atoms with E-state index in [-0.39, 0.29) is 35.9 Å². The first-order chi connectivity index (χ1) is 14.2. The highest BCUT2D eigenvalue weighted by molar-refractivity contribution is 7.90. The number of rotatable bonds is 8. The number of aromatic nitrogens is 3. The van der Waals surface area contributed by atoms with E-state index < -0.39 is 26.9 Å². The van der Waals surface area contributed by atoms with Crippen molar-refractivity contribution in [1.82, 2.24) is 19.7 Å². The minimum absolute atomic E-state index is 0.169. The number of ether oxygens (including phenoxy) is 4. The monoisotopic (exact) mass is 441 g/mol. The normalized spacial score (nSPS) is 10.7. The number of esters is 1. The molecule has 0 saturated carbocycles. The van der Waals surface area contributed by atoms with Crippen LogP contribution in [0.3, 0.4) is 0 Å². The van der Waals surface area contributed by atoms with Crippen LogP contribution in [0.2, 0.25) is 0 Å². The molecule has 0 aliphatic heterocycles. The van der Waals surface area contributed by atoms with Gasteiger partial charge >= 0.3 is 24.0 Å².